The number of hydrogen-bond acceptors (Lipinski definition) is 6. The first-order valence-corrected chi connectivity index (χ1v) is 34.8. The van der Waals surface area contributed by atoms with Gasteiger partial charge in [0.1, 0.15) is 13.2 Å². The molecule has 0 fully saturated rings. The number of carbonyl (C=O) groups excluding carboxylic acids is 3. The van der Waals surface area contributed by atoms with Crippen molar-refractivity contribution in [1.29, 1.82) is 0 Å². The van der Waals surface area contributed by atoms with Crippen LogP contribution in [0.15, 0.2) is 60.8 Å². The van der Waals surface area contributed by atoms with Crippen LogP contribution in [0.4, 0.5) is 0 Å². The summed E-state index contributed by atoms with van der Waals surface area (Å²) in [7, 11) is 0. The lowest BCUT2D eigenvalue weighted by Crippen LogP contribution is -2.30. The summed E-state index contributed by atoms with van der Waals surface area (Å²) < 4.78 is 17.0. The van der Waals surface area contributed by atoms with Crippen molar-refractivity contribution in [1.82, 2.24) is 0 Å². The maximum atomic E-state index is 13.0. The van der Waals surface area contributed by atoms with Crippen LogP contribution in [0.25, 0.3) is 0 Å². The zero-order chi connectivity index (χ0) is 57.1. The van der Waals surface area contributed by atoms with E-state index in [-0.39, 0.29) is 31.1 Å². The zero-order valence-corrected chi connectivity index (χ0v) is 52.9. The van der Waals surface area contributed by atoms with Gasteiger partial charge in [0, 0.05) is 19.3 Å². The first-order valence-electron chi connectivity index (χ1n) is 34.8. The van der Waals surface area contributed by atoms with Crippen molar-refractivity contribution in [2.24, 2.45) is 0 Å². The minimum atomic E-state index is -0.788. The Morgan fingerprint density at radius 3 is 0.759 bits per heavy atom. The molecule has 0 unspecified atom stereocenters. The number of allylic oxidation sites excluding steroid dienone is 10. The van der Waals surface area contributed by atoms with Gasteiger partial charge in [0.15, 0.2) is 6.10 Å². The van der Waals surface area contributed by atoms with Crippen molar-refractivity contribution < 1.29 is 28.6 Å². The molecule has 0 bridgehead atoms. The van der Waals surface area contributed by atoms with Gasteiger partial charge in [-0.05, 0) is 89.9 Å². The van der Waals surface area contributed by atoms with Gasteiger partial charge in [-0.2, -0.15) is 0 Å². The number of esters is 3. The maximum absolute atomic E-state index is 13.0. The molecule has 0 aromatic rings. The fourth-order valence-electron chi connectivity index (χ4n) is 10.2. The van der Waals surface area contributed by atoms with Crippen molar-refractivity contribution in [2.45, 2.75) is 374 Å². The normalized spacial score (nSPS) is 12.4. The molecule has 1 atom stereocenters. The van der Waals surface area contributed by atoms with Crippen molar-refractivity contribution in [2.75, 3.05) is 13.2 Å². The van der Waals surface area contributed by atoms with E-state index in [0.29, 0.717) is 19.3 Å². The van der Waals surface area contributed by atoms with E-state index in [0.717, 1.165) is 83.5 Å². The topological polar surface area (TPSA) is 78.9 Å². The number of hydrogen-bond donors (Lipinski definition) is 0. The van der Waals surface area contributed by atoms with Crippen LogP contribution in [0.5, 0.6) is 0 Å². The average molecular weight is 1110 g/mol. The highest BCUT2D eigenvalue weighted by molar-refractivity contribution is 5.71. The third kappa shape index (κ3) is 65.8. The Morgan fingerprint density at radius 1 is 0.253 bits per heavy atom. The molecule has 0 saturated carbocycles. The summed E-state index contributed by atoms with van der Waals surface area (Å²) in [5.74, 6) is -0.889. The third-order valence-electron chi connectivity index (χ3n) is 15.5. The molecular weight excluding hydrogens is 973 g/mol. The van der Waals surface area contributed by atoms with Gasteiger partial charge >= 0.3 is 17.9 Å². The molecule has 6 nitrogen and oxygen atoms in total. The van der Waals surface area contributed by atoms with Crippen LogP contribution < -0.4 is 0 Å². The van der Waals surface area contributed by atoms with E-state index >= 15 is 0 Å². The molecule has 0 heterocycles. The van der Waals surface area contributed by atoms with Crippen molar-refractivity contribution in [3.63, 3.8) is 0 Å². The lowest BCUT2D eigenvalue weighted by Gasteiger charge is -2.18. The lowest BCUT2D eigenvalue weighted by atomic mass is 10.0. The predicted molar refractivity (Wildman–Crippen MR) is 344 cm³/mol. The molecule has 0 radical (unpaired) electrons. The van der Waals surface area contributed by atoms with E-state index < -0.39 is 6.10 Å². The van der Waals surface area contributed by atoms with Crippen LogP contribution in [0, 0.1) is 0 Å². The van der Waals surface area contributed by atoms with Gasteiger partial charge in [0.05, 0.1) is 0 Å². The summed E-state index contributed by atoms with van der Waals surface area (Å²) in [6.07, 6.45) is 86.7. The molecule has 0 aliphatic carbocycles. The van der Waals surface area contributed by atoms with Crippen LogP contribution >= 0.6 is 0 Å². The minimum absolute atomic E-state index is 0.0812. The molecule has 0 spiro atoms. The number of carbonyl (C=O) groups is 3. The lowest BCUT2D eigenvalue weighted by molar-refractivity contribution is -0.167. The highest BCUT2D eigenvalue weighted by atomic mass is 16.6. The molecule has 0 aliphatic heterocycles. The van der Waals surface area contributed by atoms with E-state index in [1.165, 1.54) is 244 Å². The number of unbranched alkanes of at least 4 members (excludes halogenated alkanes) is 43. The summed E-state index contributed by atoms with van der Waals surface area (Å²) in [6.45, 7) is 6.65. The van der Waals surface area contributed by atoms with Gasteiger partial charge in [-0.3, -0.25) is 14.4 Å². The van der Waals surface area contributed by atoms with Crippen LogP contribution in [-0.2, 0) is 28.6 Å². The molecule has 0 aromatic carbocycles. The van der Waals surface area contributed by atoms with E-state index in [4.69, 9.17) is 14.2 Å². The fraction of sp³-hybridized carbons (Fsp3) is 0.822. The molecule has 0 rings (SSSR count). The van der Waals surface area contributed by atoms with Crippen molar-refractivity contribution in [3.8, 4) is 0 Å². The second kappa shape index (κ2) is 67.6. The van der Waals surface area contributed by atoms with Gasteiger partial charge in [-0.15, -0.1) is 0 Å². The van der Waals surface area contributed by atoms with E-state index in [2.05, 4.69) is 81.5 Å². The number of rotatable bonds is 64. The standard InChI is InChI=1S/C73H132O6/c1-4-7-10-13-16-19-22-25-28-31-34-36-39-42-45-48-51-54-57-60-63-66-72(75)78-69-70(68-77-71(74)65-62-59-56-53-50-47-44-41-38-33-30-27-24-21-18-15-12-9-6-3)79-73(76)67-64-61-58-55-52-49-46-43-40-37-35-32-29-26-23-20-17-14-11-8-5-2/h18,21,25,27-28,30,38,41,47,50,70H,4-17,19-20,22-24,26,29,31-37,39-40,42-46,48-49,51-69H2,1-3H3/b21-18-,28-25-,30-27-,41-38-,50-47-/t70-/m1/s1. The van der Waals surface area contributed by atoms with Gasteiger partial charge in [0.25, 0.3) is 0 Å². The molecule has 0 saturated heterocycles. The van der Waals surface area contributed by atoms with E-state index in [1.54, 1.807) is 0 Å². The van der Waals surface area contributed by atoms with Crippen LogP contribution in [0.3, 0.4) is 0 Å². The first-order chi connectivity index (χ1) is 39.0. The predicted octanol–water partition coefficient (Wildman–Crippen LogP) is 23.9. The first kappa shape index (κ1) is 76.1. The number of ether oxygens (including phenoxy) is 3. The largest absolute Gasteiger partial charge is 0.462 e. The SMILES string of the molecule is CCCCC/C=C\C/C=C\C/C=C\C/C=C\CCCCCC(=O)OC[C@H](COC(=O)CCCCCCCCCCCCC/C=C\CCCCCCCC)OC(=O)CCCCCCCCCCCCCCCCCCCCCCC. The van der Waals surface area contributed by atoms with Gasteiger partial charge < -0.3 is 14.2 Å². The van der Waals surface area contributed by atoms with Crippen LogP contribution in [-0.4, -0.2) is 37.2 Å². The van der Waals surface area contributed by atoms with Crippen LogP contribution in [0.2, 0.25) is 0 Å². The van der Waals surface area contributed by atoms with Gasteiger partial charge in [-0.25, -0.2) is 0 Å². The zero-order valence-electron chi connectivity index (χ0n) is 52.9. The van der Waals surface area contributed by atoms with Crippen LogP contribution in [0.1, 0.15) is 367 Å². The summed E-state index contributed by atoms with van der Waals surface area (Å²) in [5, 5.41) is 0. The van der Waals surface area contributed by atoms with Crippen molar-refractivity contribution in [3.05, 3.63) is 60.8 Å². The highest BCUT2D eigenvalue weighted by Crippen LogP contribution is 2.18. The second-order valence-electron chi connectivity index (χ2n) is 23.4. The summed E-state index contributed by atoms with van der Waals surface area (Å²) in [4.78, 5) is 38.4. The maximum Gasteiger partial charge on any atom is 0.306 e. The van der Waals surface area contributed by atoms with E-state index in [9.17, 15) is 14.4 Å². The molecule has 79 heavy (non-hydrogen) atoms. The molecule has 6 heteroatoms. The Balaban J connectivity index is 4.38. The summed E-state index contributed by atoms with van der Waals surface area (Å²) >= 11 is 0. The molecule has 0 aromatic heterocycles. The minimum Gasteiger partial charge on any atom is -0.462 e. The molecule has 460 valence electrons. The Hall–Kier alpha value is -2.89. The average Bonchev–Trinajstić information content (AvgIpc) is 3.45. The fourth-order valence-corrected chi connectivity index (χ4v) is 10.2. The summed E-state index contributed by atoms with van der Waals surface area (Å²) in [5.41, 5.74) is 0. The molecule has 0 aliphatic rings. The smallest absolute Gasteiger partial charge is 0.306 e. The quantitative estimate of drug-likeness (QED) is 0.0261. The Kier molecular flexibility index (Phi) is 65.1. The highest BCUT2D eigenvalue weighted by Gasteiger charge is 2.19. The monoisotopic (exact) mass is 1110 g/mol. The van der Waals surface area contributed by atoms with Gasteiger partial charge in [0.2, 0.25) is 0 Å². The van der Waals surface area contributed by atoms with Crippen molar-refractivity contribution >= 4 is 17.9 Å². The second-order valence-corrected chi connectivity index (χ2v) is 23.4. The third-order valence-corrected chi connectivity index (χ3v) is 15.5. The molecule has 0 amide bonds. The van der Waals surface area contributed by atoms with Gasteiger partial charge in [-0.1, -0.05) is 319 Å². The Morgan fingerprint density at radius 2 is 0.456 bits per heavy atom. The van der Waals surface area contributed by atoms with E-state index in [1.807, 2.05) is 0 Å². The molecular formula is C73H132O6. The molecule has 0 N–H and O–H groups in total. The summed E-state index contributed by atoms with van der Waals surface area (Å²) in [6, 6.07) is 0. The Labute approximate surface area is 491 Å². The Bertz CT molecular complexity index is 1410.